The zero-order chi connectivity index (χ0) is 13.1. The molecule has 1 aromatic carbocycles. The summed E-state index contributed by atoms with van der Waals surface area (Å²) in [5, 5.41) is 0. The number of aromatic nitrogens is 1. The van der Waals surface area contributed by atoms with E-state index in [0.717, 1.165) is 15.6 Å². The lowest BCUT2D eigenvalue weighted by Gasteiger charge is -2.08. The summed E-state index contributed by atoms with van der Waals surface area (Å²) >= 11 is 3.35. The van der Waals surface area contributed by atoms with Crippen molar-refractivity contribution in [3.05, 3.63) is 52.3 Å². The third-order valence-electron chi connectivity index (χ3n) is 2.59. The maximum atomic E-state index is 12.3. The van der Waals surface area contributed by atoms with Gasteiger partial charge in [-0.2, -0.15) is 0 Å². The van der Waals surface area contributed by atoms with Gasteiger partial charge in [-0.25, -0.2) is 0 Å². The number of benzene rings is 1. The zero-order valence-corrected chi connectivity index (χ0v) is 12.3. The molecule has 1 unspecified atom stereocenters. The molecule has 18 heavy (non-hydrogen) atoms. The fourth-order valence-electron chi connectivity index (χ4n) is 1.62. The van der Waals surface area contributed by atoms with Gasteiger partial charge in [0.25, 0.3) is 0 Å². The van der Waals surface area contributed by atoms with Crippen LogP contribution in [0.15, 0.2) is 46.0 Å². The Morgan fingerprint density at radius 2 is 2.17 bits per heavy atom. The molecule has 3 nitrogen and oxygen atoms in total. The highest BCUT2D eigenvalue weighted by Gasteiger charge is 2.10. The third kappa shape index (κ3) is 2.97. The molecule has 0 aliphatic carbocycles. The van der Waals surface area contributed by atoms with E-state index in [1.165, 1.54) is 0 Å². The van der Waals surface area contributed by atoms with Gasteiger partial charge in [0.1, 0.15) is 0 Å². The molecule has 1 heterocycles. The van der Waals surface area contributed by atoms with E-state index in [1.54, 1.807) is 12.4 Å². The molecule has 0 saturated heterocycles. The molecule has 5 heteroatoms. The summed E-state index contributed by atoms with van der Waals surface area (Å²) in [5.74, 6) is 0.417. The predicted molar refractivity (Wildman–Crippen MR) is 77.6 cm³/mol. The molecular weight excluding hydrogens is 312 g/mol. The Balaban J connectivity index is 2.25. The molecule has 0 spiro atoms. The van der Waals surface area contributed by atoms with E-state index in [4.69, 9.17) is 5.73 Å². The first-order valence-corrected chi connectivity index (χ1v) is 7.52. The number of rotatable bonds is 3. The SMILES string of the molecule is Cc1cccc(S(=O)Cc2cncc(Br)c2)c1N. The van der Waals surface area contributed by atoms with Crippen molar-refractivity contribution in [3.63, 3.8) is 0 Å². The van der Waals surface area contributed by atoms with Gasteiger partial charge in [-0.1, -0.05) is 12.1 Å². The van der Waals surface area contributed by atoms with Crippen LogP contribution >= 0.6 is 15.9 Å². The van der Waals surface area contributed by atoms with E-state index < -0.39 is 10.8 Å². The molecule has 0 amide bonds. The van der Waals surface area contributed by atoms with Crippen molar-refractivity contribution < 1.29 is 4.21 Å². The first kappa shape index (κ1) is 13.2. The van der Waals surface area contributed by atoms with E-state index in [-0.39, 0.29) is 0 Å². The Hall–Kier alpha value is -1.20. The molecule has 0 aliphatic heterocycles. The highest BCUT2D eigenvalue weighted by atomic mass is 79.9. The number of nitrogens with two attached hydrogens (primary N) is 1. The number of hydrogen-bond acceptors (Lipinski definition) is 3. The Morgan fingerprint density at radius 1 is 1.39 bits per heavy atom. The summed E-state index contributed by atoms with van der Waals surface area (Å²) in [6.07, 6.45) is 3.42. The second-order valence-corrected chi connectivity index (χ2v) is 6.32. The molecular formula is C13H13BrN2OS. The number of pyridine rings is 1. The lowest BCUT2D eigenvalue weighted by Crippen LogP contribution is -2.02. The van der Waals surface area contributed by atoms with Crippen molar-refractivity contribution in [1.29, 1.82) is 0 Å². The molecule has 2 rings (SSSR count). The van der Waals surface area contributed by atoms with Crippen LogP contribution in [-0.4, -0.2) is 9.19 Å². The summed E-state index contributed by atoms with van der Waals surface area (Å²) in [6, 6.07) is 7.51. The number of hydrogen-bond donors (Lipinski definition) is 1. The van der Waals surface area contributed by atoms with Gasteiger partial charge in [-0.05, 0) is 46.1 Å². The van der Waals surface area contributed by atoms with Crippen LogP contribution < -0.4 is 5.73 Å². The number of halogens is 1. The van der Waals surface area contributed by atoms with Crippen LogP contribution in [0.1, 0.15) is 11.1 Å². The van der Waals surface area contributed by atoms with E-state index in [1.807, 2.05) is 31.2 Å². The molecule has 0 aliphatic rings. The van der Waals surface area contributed by atoms with E-state index in [2.05, 4.69) is 20.9 Å². The highest BCUT2D eigenvalue weighted by Crippen LogP contribution is 2.22. The topological polar surface area (TPSA) is 56.0 Å². The summed E-state index contributed by atoms with van der Waals surface area (Å²) < 4.78 is 13.2. The van der Waals surface area contributed by atoms with Crippen LogP contribution in [0.2, 0.25) is 0 Å². The molecule has 2 N–H and O–H groups in total. The van der Waals surface area contributed by atoms with Gasteiger partial charge in [0.2, 0.25) is 0 Å². The zero-order valence-electron chi connectivity index (χ0n) is 9.89. The number of aryl methyl sites for hydroxylation is 1. The predicted octanol–water partition coefficient (Wildman–Crippen LogP) is 3.04. The summed E-state index contributed by atoms with van der Waals surface area (Å²) in [7, 11) is -1.15. The summed E-state index contributed by atoms with van der Waals surface area (Å²) in [5.41, 5.74) is 8.43. The van der Waals surface area contributed by atoms with Crippen molar-refractivity contribution in [2.75, 3.05) is 5.73 Å². The normalized spacial score (nSPS) is 12.3. The Bertz CT molecular complexity index is 601. The van der Waals surface area contributed by atoms with Gasteiger partial charge in [0.15, 0.2) is 0 Å². The fourth-order valence-corrected chi connectivity index (χ4v) is 3.28. The highest BCUT2D eigenvalue weighted by molar-refractivity contribution is 9.10. The third-order valence-corrected chi connectivity index (χ3v) is 4.46. The van der Waals surface area contributed by atoms with Crippen molar-refractivity contribution in [2.24, 2.45) is 0 Å². The first-order valence-electron chi connectivity index (χ1n) is 5.41. The molecule has 0 saturated carbocycles. The van der Waals surface area contributed by atoms with Crippen LogP contribution in [0, 0.1) is 6.92 Å². The standard InChI is InChI=1S/C13H13BrN2OS/c1-9-3-2-4-12(13(9)15)18(17)8-10-5-11(14)7-16-6-10/h2-7H,8,15H2,1H3. The van der Waals surface area contributed by atoms with Crippen molar-refractivity contribution in [3.8, 4) is 0 Å². The Labute approximate surface area is 117 Å². The van der Waals surface area contributed by atoms with Gasteiger partial charge in [0.05, 0.1) is 27.1 Å². The lowest BCUT2D eigenvalue weighted by atomic mass is 10.2. The summed E-state index contributed by atoms with van der Waals surface area (Å²) in [6.45, 7) is 1.91. The number of nitrogen functional groups attached to an aromatic ring is 1. The maximum absolute atomic E-state index is 12.3. The van der Waals surface area contributed by atoms with Crippen molar-refractivity contribution in [2.45, 2.75) is 17.6 Å². The first-order chi connectivity index (χ1) is 8.58. The van der Waals surface area contributed by atoms with E-state index >= 15 is 0 Å². The molecule has 2 aromatic rings. The molecule has 0 radical (unpaired) electrons. The second-order valence-electron chi connectivity index (χ2n) is 3.99. The Kier molecular flexibility index (Phi) is 4.14. The van der Waals surface area contributed by atoms with Crippen LogP contribution in [0.4, 0.5) is 5.69 Å². The molecule has 1 aromatic heterocycles. The molecule has 0 fully saturated rings. The van der Waals surface area contributed by atoms with Crippen LogP contribution in [0.3, 0.4) is 0 Å². The van der Waals surface area contributed by atoms with Gasteiger partial charge >= 0.3 is 0 Å². The van der Waals surface area contributed by atoms with Gasteiger partial charge in [0, 0.05) is 16.9 Å². The van der Waals surface area contributed by atoms with E-state index in [9.17, 15) is 4.21 Å². The maximum Gasteiger partial charge on any atom is 0.0623 e. The average Bonchev–Trinajstić information content (AvgIpc) is 2.32. The fraction of sp³-hybridized carbons (Fsp3) is 0.154. The van der Waals surface area contributed by atoms with Crippen LogP contribution in [0.25, 0.3) is 0 Å². The quantitative estimate of drug-likeness (QED) is 0.883. The minimum atomic E-state index is -1.15. The molecule has 0 bridgehead atoms. The smallest absolute Gasteiger partial charge is 0.0623 e. The molecule has 94 valence electrons. The summed E-state index contributed by atoms with van der Waals surface area (Å²) in [4.78, 5) is 4.75. The monoisotopic (exact) mass is 324 g/mol. The minimum Gasteiger partial charge on any atom is -0.398 e. The average molecular weight is 325 g/mol. The Morgan fingerprint density at radius 3 is 2.89 bits per heavy atom. The number of para-hydroxylation sites is 1. The van der Waals surface area contributed by atoms with E-state index in [0.29, 0.717) is 16.3 Å². The minimum absolute atomic E-state index is 0.417. The number of nitrogens with zero attached hydrogens (tertiary/aromatic N) is 1. The van der Waals surface area contributed by atoms with Crippen LogP contribution in [0.5, 0.6) is 0 Å². The van der Waals surface area contributed by atoms with Gasteiger partial charge < -0.3 is 5.73 Å². The molecule has 1 atom stereocenters. The van der Waals surface area contributed by atoms with Crippen molar-refractivity contribution >= 4 is 32.4 Å². The van der Waals surface area contributed by atoms with Crippen molar-refractivity contribution in [1.82, 2.24) is 4.98 Å². The largest absolute Gasteiger partial charge is 0.398 e. The lowest BCUT2D eigenvalue weighted by molar-refractivity contribution is 0.682. The van der Waals surface area contributed by atoms with Crippen LogP contribution in [-0.2, 0) is 16.6 Å². The number of anilines is 1. The van der Waals surface area contributed by atoms with Gasteiger partial charge in [-0.3, -0.25) is 9.19 Å². The second kappa shape index (κ2) is 5.63. The van der Waals surface area contributed by atoms with Gasteiger partial charge in [-0.15, -0.1) is 0 Å².